The smallest absolute Gasteiger partial charge is 0.248 e. The van der Waals surface area contributed by atoms with Gasteiger partial charge in [-0.1, -0.05) is 50.3 Å². The van der Waals surface area contributed by atoms with Crippen molar-refractivity contribution in [3.63, 3.8) is 0 Å². The van der Waals surface area contributed by atoms with Crippen LogP contribution >= 0.6 is 0 Å². The van der Waals surface area contributed by atoms with Crippen LogP contribution in [0.4, 0.5) is 17.6 Å². The summed E-state index contributed by atoms with van der Waals surface area (Å²) in [6.07, 6.45) is 9.60. The van der Waals surface area contributed by atoms with Crippen molar-refractivity contribution in [2.75, 3.05) is 56.3 Å². The summed E-state index contributed by atoms with van der Waals surface area (Å²) in [6, 6.07) is 17.3. The van der Waals surface area contributed by atoms with Crippen LogP contribution in [0.5, 0.6) is 0 Å². The van der Waals surface area contributed by atoms with Gasteiger partial charge in [-0.2, -0.15) is 19.6 Å². The van der Waals surface area contributed by atoms with Crippen LogP contribution in [0.3, 0.4) is 0 Å². The van der Waals surface area contributed by atoms with Crippen LogP contribution < -0.4 is 15.5 Å². The molecule has 0 radical (unpaired) electrons. The molecule has 48 heavy (non-hydrogen) atoms. The van der Waals surface area contributed by atoms with Crippen molar-refractivity contribution in [1.29, 1.82) is 0 Å². The van der Waals surface area contributed by atoms with Crippen molar-refractivity contribution < 1.29 is 4.79 Å². The quantitative estimate of drug-likeness (QED) is 0.193. The Hall–Kier alpha value is -4.87. The number of anilines is 3. The van der Waals surface area contributed by atoms with Gasteiger partial charge in [0.2, 0.25) is 17.8 Å². The standard InChI is InChI=1S/C37H44N10O/c1-24(2)32-21-40-47-35(32)42-37(46-22-28-13-14-29(23-46)45(28)5)43-36(47)39-20-26-9-6-7-10-30(26)34-31-15-12-27(19-25(31)16-17-38-34)41-33(48)11-8-18-44(3)4/h6-12,15-17,19,21,24,28-29H,13-14,18,20,22-23H2,1-5H3,(H,41,48)(H,39,42,43)/b11-8+. The van der Waals surface area contributed by atoms with E-state index in [0.717, 1.165) is 63.5 Å². The van der Waals surface area contributed by atoms with Gasteiger partial charge in [0.1, 0.15) is 0 Å². The molecule has 11 heteroatoms. The van der Waals surface area contributed by atoms with E-state index in [4.69, 9.17) is 20.1 Å². The summed E-state index contributed by atoms with van der Waals surface area (Å²) in [7, 11) is 6.18. The van der Waals surface area contributed by atoms with Gasteiger partial charge in [0.25, 0.3) is 0 Å². The third-order valence-corrected chi connectivity index (χ3v) is 9.62. The molecule has 0 saturated carbocycles. The highest BCUT2D eigenvalue weighted by Gasteiger charge is 2.38. The fourth-order valence-corrected chi connectivity index (χ4v) is 6.93. The van der Waals surface area contributed by atoms with E-state index < -0.39 is 0 Å². The number of aromatic nitrogens is 5. The Morgan fingerprint density at radius 2 is 1.85 bits per heavy atom. The molecule has 11 nitrogen and oxygen atoms in total. The Bertz CT molecular complexity index is 1970. The van der Waals surface area contributed by atoms with E-state index in [1.165, 1.54) is 12.8 Å². The average molecular weight is 645 g/mol. The lowest BCUT2D eigenvalue weighted by Crippen LogP contribution is -2.52. The zero-order valence-electron chi connectivity index (χ0n) is 28.4. The largest absolute Gasteiger partial charge is 0.350 e. The Labute approximate surface area is 281 Å². The molecule has 5 heterocycles. The second-order valence-electron chi connectivity index (χ2n) is 13.6. The summed E-state index contributed by atoms with van der Waals surface area (Å²) in [5, 5.41) is 13.3. The van der Waals surface area contributed by atoms with Gasteiger partial charge in [-0.25, -0.2) is 0 Å². The van der Waals surface area contributed by atoms with Crippen LogP contribution in [0.2, 0.25) is 0 Å². The highest BCUT2D eigenvalue weighted by Crippen LogP contribution is 2.33. The van der Waals surface area contributed by atoms with Gasteiger partial charge in [-0.3, -0.25) is 14.7 Å². The minimum absolute atomic E-state index is 0.151. The first kappa shape index (κ1) is 31.7. The second kappa shape index (κ2) is 13.3. The van der Waals surface area contributed by atoms with E-state index in [2.05, 4.69) is 59.5 Å². The molecular formula is C37H44N10O. The molecule has 2 fully saturated rings. The molecule has 2 aliphatic heterocycles. The maximum Gasteiger partial charge on any atom is 0.248 e. The SMILES string of the molecule is CC(C)c1cnn2c(NCc3ccccc3-c3nccc4cc(NC(=O)/C=C/CN(C)C)ccc34)nc(N3CC4CCC(C3)N4C)nc12. The third kappa shape index (κ3) is 6.35. The van der Waals surface area contributed by atoms with Crippen LogP contribution in [0.25, 0.3) is 27.7 Å². The molecule has 0 aliphatic carbocycles. The predicted molar refractivity (Wildman–Crippen MR) is 192 cm³/mol. The lowest BCUT2D eigenvalue weighted by Gasteiger charge is -2.38. The number of nitrogens with one attached hydrogen (secondary N) is 2. The van der Waals surface area contributed by atoms with Gasteiger partial charge in [0.05, 0.1) is 11.9 Å². The van der Waals surface area contributed by atoms with Crippen LogP contribution in [0.1, 0.15) is 43.7 Å². The van der Waals surface area contributed by atoms with Gasteiger partial charge < -0.3 is 20.4 Å². The molecule has 2 N–H and O–H groups in total. The van der Waals surface area contributed by atoms with Gasteiger partial charge >= 0.3 is 0 Å². The number of pyridine rings is 1. The van der Waals surface area contributed by atoms with E-state index in [1.54, 1.807) is 6.08 Å². The third-order valence-electron chi connectivity index (χ3n) is 9.62. The number of hydrogen-bond donors (Lipinski definition) is 2. The minimum atomic E-state index is -0.151. The lowest BCUT2D eigenvalue weighted by atomic mass is 9.99. The highest BCUT2D eigenvalue weighted by atomic mass is 16.1. The van der Waals surface area contributed by atoms with E-state index >= 15 is 0 Å². The van der Waals surface area contributed by atoms with Gasteiger partial charge in [-0.05, 0) is 69.1 Å². The summed E-state index contributed by atoms with van der Waals surface area (Å²) < 4.78 is 1.84. The Morgan fingerprint density at radius 1 is 1.06 bits per heavy atom. The Kier molecular flexibility index (Phi) is 8.81. The molecular weight excluding hydrogens is 600 g/mol. The number of amides is 1. The van der Waals surface area contributed by atoms with E-state index in [0.29, 0.717) is 31.1 Å². The first-order valence-corrected chi connectivity index (χ1v) is 16.8. The van der Waals surface area contributed by atoms with Crippen molar-refractivity contribution in [2.24, 2.45) is 0 Å². The summed E-state index contributed by atoms with van der Waals surface area (Å²) in [4.78, 5) is 34.3. The Morgan fingerprint density at radius 3 is 2.62 bits per heavy atom. The number of benzene rings is 2. The van der Waals surface area contributed by atoms with Gasteiger partial charge in [0, 0.05) is 72.7 Å². The minimum Gasteiger partial charge on any atom is -0.350 e. The van der Waals surface area contributed by atoms with E-state index in [9.17, 15) is 4.79 Å². The maximum atomic E-state index is 12.5. The lowest BCUT2D eigenvalue weighted by molar-refractivity contribution is -0.111. The van der Waals surface area contributed by atoms with Crippen molar-refractivity contribution in [1.82, 2.24) is 34.4 Å². The number of carbonyl (C=O) groups is 1. The Balaban J connectivity index is 1.17. The normalized spacial score (nSPS) is 18.2. The average Bonchev–Trinajstić information content (AvgIpc) is 3.57. The molecule has 0 spiro atoms. The maximum absolute atomic E-state index is 12.5. The molecule has 2 bridgehead atoms. The number of piperazine rings is 1. The van der Waals surface area contributed by atoms with E-state index in [-0.39, 0.29) is 11.8 Å². The number of likely N-dealkylation sites (N-methyl/N-ethyl adjacent to an activating group) is 2. The van der Waals surface area contributed by atoms with Crippen molar-refractivity contribution in [2.45, 2.75) is 51.2 Å². The first-order chi connectivity index (χ1) is 23.2. The molecule has 3 aromatic heterocycles. The molecule has 2 aromatic carbocycles. The topological polar surface area (TPSA) is 107 Å². The molecule has 2 unspecified atom stereocenters. The number of rotatable bonds is 10. The molecule has 1 amide bonds. The molecule has 7 rings (SSSR count). The molecule has 2 atom stereocenters. The van der Waals surface area contributed by atoms with Crippen LogP contribution in [-0.4, -0.2) is 93.1 Å². The molecule has 2 saturated heterocycles. The summed E-state index contributed by atoms with van der Waals surface area (Å²) >= 11 is 0. The summed E-state index contributed by atoms with van der Waals surface area (Å²) in [6.45, 7) is 7.45. The molecule has 5 aromatic rings. The second-order valence-corrected chi connectivity index (χ2v) is 13.6. The number of carbonyl (C=O) groups excluding carboxylic acids is 1. The zero-order valence-corrected chi connectivity index (χ0v) is 28.4. The number of nitrogens with zero attached hydrogens (tertiary/aromatic N) is 8. The van der Waals surface area contributed by atoms with E-state index in [1.807, 2.05) is 72.3 Å². The highest BCUT2D eigenvalue weighted by molar-refractivity contribution is 6.02. The van der Waals surface area contributed by atoms with Crippen molar-refractivity contribution in [3.05, 3.63) is 84.2 Å². The van der Waals surface area contributed by atoms with Crippen molar-refractivity contribution in [3.8, 4) is 11.3 Å². The summed E-state index contributed by atoms with van der Waals surface area (Å²) in [5.74, 6) is 1.57. The van der Waals surface area contributed by atoms with Gasteiger partial charge in [0.15, 0.2) is 5.65 Å². The van der Waals surface area contributed by atoms with Crippen LogP contribution in [0, 0.1) is 0 Å². The monoisotopic (exact) mass is 644 g/mol. The van der Waals surface area contributed by atoms with Crippen molar-refractivity contribution >= 4 is 39.9 Å². The van der Waals surface area contributed by atoms with Crippen LogP contribution in [-0.2, 0) is 11.3 Å². The zero-order chi connectivity index (χ0) is 33.4. The summed E-state index contributed by atoms with van der Waals surface area (Å²) in [5.41, 5.74) is 5.71. The predicted octanol–water partition coefficient (Wildman–Crippen LogP) is 5.41. The molecule has 2 aliphatic rings. The number of hydrogen-bond acceptors (Lipinski definition) is 9. The fraction of sp³-hybridized carbons (Fsp3) is 0.378. The van der Waals surface area contributed by atoms with Gasteiger partial charge in [-0.15, -0.1) is 0 Å². The fourth-order valence-electron chi connectivity index (χ4n) is 6.93. The van der Waals surface area contributed by atoms with Crippen LogP contribution in [0.15, 0.2) is 73.1 Å². The first-order valence-electron chi connectivity index (χ1n) is 16.8. The number of fused-ring (bicyclic) bond motifs is 4. The molecule has 248 valence electrons.